The van der Waals surface area contributed by atoms with Crippen LogP contribution in [-0.2, 0) is 20.6 Å². The minimum Gasteiger partial charge on any atom is -0.489 e. The molecular formula is C31H27F4N5O6. The van der Waals surface area contributed by atoms with Gasteiger partial charge in [-0.25, -0.2) is 9.37 Å². The lowest BCUT2D eigenvalue weighted by atomic mass is 9.81. The van der Waals surface area contributed by atoms with Crippen LogP contribution in [0.1, 0.15) is 28.5 Å². The molecule has 1 unspecified atom stereocenters. The van der Waals surface area contributed by atoms with E-state index in [-0.39, 0.29) is 46.0 Å². The van der Waals surface area contributed by atoms with Crippen molar-refractivity contribution in [1.29, 1.82) is 0 Å². The van der Waals surface area contributed by atoms with Crippen LogP contribution in [0.15, 0.2) is 60.8 Å². The third kappa shape index (κ3) is 5.76. The molecule has 0 radical (unpaired) electrons. The number of rotatable bonds is 9. The normalized spacial score (nSPS) is 17.0. The van der Waals surface area contributed by atoms with E-state index in [1.54, 1.807) is 12.1 Å². The summed E-state index contributed by atoms with van der Waals surface area (Å²) in [6, 6.07) is 11.2. The number of primary amides is 1. The zero-order chi connectivity index (χ0) is 33.4. The van der Waals surface area contributed by atoms with Gasteiger partial charge in [0.1, 0.15) is 40.5 Å². The first-order valence-electron chi connectivity index (χ1n) is 13.7. The Labute approximate surface area is 258 Å². The first kappa shape index (κ1) is 32.1. The molecule has 5 rings (SSSR count). The second-order valence-corrected chi connectivity index (χ2v) is 10.8. The summed E-state index contributed by atoms with van der Waals surface area (Å²) in [5.74, 6) is -3.06. The largest absolute Gasteiger partial charge is 0.489 e. The predicted octanol–water partition coefficient (Wildman–Crippen LogP) is 2.88. The summed E-state index contributed by atoms with van der Waals surface area (Å²) < 4.78 is 69.2. The van der Waals surface area contributed by atoms with E-state index in [0.717, 1.165) is 18.2 Å². The molecule has 15 heteroatoms. The maximum absolute atomic E-state index is 14.8. The molecular weight excluding hydrogens is 614 g/mol. The highest BCUT2D eigenvalue weighted by atomic mass is 19.4. The summed E-state index contributed by atoms with van der Waals surface area (Å²) in [6.07, 6.45) is -3.96. The molecule has 2 aromatic carbocycles. The van der Waals surface area contributed by atoms with Crippen molar-refractivity contribution in [2.75, 3.05) is 26.8 Å². The minimum absolute atomic E-state index is 0.00319. The fourth-order valence-electron chi connectivity index (χ4n) is 5.06. The van der Waals surface area contributed by atoms with E-state index in [0.29, 0.717) is 5.39 Å². The molecule has 3 heterocycles. The third-order valence-corrected chi connectivity index (χ3v) is 7.62. The van der Waals surface area contributed by atoms with Crippen molar-refractivity contribution in [3.63, 3.8) is 0 Å². The number of nitrogens with zero attached hydrogens (tertiary/aromatic N) is 2. The monoisotopic (exact) mass is 641 g/mol. The zero-order valence-corrected chi connectivity index (χ0v) is 24.4. The maximum atomic E-state index is 14.8. The second kappa shape index (κ2) is 11.9. The summed E-state index contributed by atoms with van der Waals surface area (Å²) in [4.78, 5) is 45.6. The van der Waals surface area contributed by atoms with Crippen LogP contribution in [0.4, 0.5) is 17.6 Å². The molecule has 5 N–H and O–H groups in total. The molecule has 2 atom stereocenters. The van der Waals surface area contributed by atoms with Crippen LogP contribution >= 0.6 is 0 Å². The molecule has 240 valence electrons. The Morgan fingerprint density at radius 1 is 1.13 bits per heavy atom. The van der Waals surface area contributed by atoms with Crippen molar-refractivity contribution < 1.29 is 46.5 Å². The van der Waals surface area contributed by atoms with E-state index in [1.165, 1.54) is 44.4 Å². The van der Waals surface area contributed by atoms with Gasteiger partial charge in [-0.05, 0) is 55.5 Å². The lowest BCUT2D eigenvalue weighted by molar-refractivity contribution is -0.265. The Morgan fingerprint density at radius 2 is 1.85 bits per heavy atom. The lowest BCUT2D eigenvalue weighted by Crippen LogP contribution is -2.52. The number of pyridine rings is 2. The number of aliphatic hydroxyl groups is 1. The van der Waals surface area contributed by atoms with Gasteiger partial charge in [-0.15, -0.1) is 0 Å². The minimum atomic E-state index is -5.40. The summed E-state index contributed by atoms with van der Waals surface area (Å²) in [5.41, 5.74) is -0.955. The Bertz CT molecular complexity index is 1850. The standard InChI is InChI=1S/C31H27F4N5O6/c1-29(28(43)37-2)15-46-26-20(29)12-22(40-25(26)16-5-7-19(32)8-6-16)30(44,31(33,34)35)14-39-27(42)18-10-17-4-3-9-38-24(17)21(11-18)45-13-23(36)41/h3-12,44H,13-15H2,1-2H3,(H2,36,41)(H,37,43)(H,39,42)/t29-,30?/m0/s1. The number of hydrogen-bond acceptors (Lipinski definition) is 8. The molecule has 46 heavy (non-hydrogen) atoms. The Kier molecular flexibility index (Phi) is 8.30. The fourth-order valence-corrected chi connectivity index (χ4v) is 5.06. The number of aromatic nitrogens is 2. The summed E-state index contributed by atoms with van der Waals surface area (Å²) in [7, 11) is 1.35. The maximum Gasteiger partial charge on any atom is 0.424 e. The van der Waals surface area contributed by atoms with Gasteiger partial charge in [-0.1, -0.05) is 6.07 Å². The van der Waals surface area contributed by atoms with Gasteiger partial charge in [0.2, 0.25) is 11.5 Å². The van der Waals surface area contributed by atoms with E-state index in [4.69, 9.17) is 15.2 Å². The Balaban J connectivity index is 1.57. The number of likely N-dealkylation sites (N-methyl/N-ethyl adjacent to an activating group) is 1. The summed E-state index contributed by atoms with van der Waals surface area (Å²) in [5, 5.41) is 16.3. The number of carbonyl (C=O) groups excluding carboxylic acids is 3. The number of carbonyl (C=O) groups is 3. The Hall–Kier alpha value is -5.31. The zero-order valence-electron chi connectivity index (χ0n) is 24.4. The number of fused-ring (bicyclic) bond motifs is 2. The van der Waals surface area contributed by atoms with Gasteiger partial charge in [0.25, 0.3) is 11.8 Å². The molecule has 0 bridgehead atoms. The van der Waals surface area contributed by atoms with E-state index < -0.39 is 59.6 Å². The summed E-state index contributed by atoms with van der Waals surface area (Å²) >= 11 is 0. The van der Waals surface area contributed by atoms with Crippen LogP contribution in [0.3, 0.4) is 0 Å². The van der Waals surface area contributed by atoms with Crippen molar-refractivity contribution in [3.8, 4) is 22.8 Å². The van der Waals surface area contributed by atoms with Crippen LogP contribution in [0.2, 0.25) is 0 Å². The van der Waals surface area contributed by atoms with E-state index >= 15 is 0 Å². The van der Waals surface area contributed by atoms with Crippen LogP contribution in [-0.4, -0.2) is 65.8 Å². The first-order valence-corrected chi connectivity index (χ1v) is 13.7. The van der Waals surface area contributed by atoms with E-state index in [2.05, 4.69) is 20.6 Å². The molecule has 0 fully saturated rings. The number of nitrogens with one attached hydrogen (secondary N) is 2. The molecule has 0 aliphatic carbocycles. The van der Waals surface area contributed by atoms with Gasteiger partial charge in [0.15, 0.2) is 6.61 Å². The Morgan fingerprint density at radius 3 is 2.50 bits per heavy atom. The number of ether oxygens (including phenoxy) is 2. The second-order valence-electron chi connectivity index (χ2n) is 10.8. The van der Waals surface area contributed by atoms with Gasteiger partial charge in [0, 0.05) is 35.3 Å². The van der Waals surface area contributed by atoms with E-state index in [1.807, 2.05) is 0 Å². The van der Waals surface area contributed by atoms with Crippen molar-refractivity contribution in [2.24, 2.45) is 5.73 Å². The van der Waals surface area contributed by atoms with Gasteiger partial charge >= 0.3 is 6.18 Å². The number of hydrogen-bond donors (Lipinski definition) is 4. The molecule has 0 spiro atoms. The van der Waals surface area contributed by atoms with Crippen molar-refractivity contribution in [3.05, 3.63) is 83.4 Å². The number of alkyl halides is 3. The highest BCUT2D eigenvalue weighted by molar-refractivity contribution is 6.00. The lowest BCUT2D eigenvalue weighted by Gasteiger charge is -2.31. The van der Waals surface area contributed by atoms with Gasteiger partial charge in [0.05, 0.1) is 12.2 Å². The topological polar surface area (TPSA) is 166 Å². The summed E-state index contributed by atoms with van der Waals surface area (Å²) in [6.45, 7) is -0.746. The molecule has 1 aliphatic heterocycles. The molecule has 4 aromatic rings. The average molecular weight is 642 g/mol. The van der Waals surface area contributed by atoms with Crippen molar-refractivity contribution in [1.82, 2.24) is 20.6 Å². The number of halogens is 4. The molecule has 1 aliphatic rings. The van der Waals surface area contributed by atoms with Gasteiger partial charge < -0.3 is 30.9 Å². The highest BCUT2D eigenvalue weighted by Gasteiger charge is 2.57. The molecule has 2 aromatic heterocycles. The van der Waals surface area contributed by atoms with Crippen molar-refractivity contribution >= 4 is 28.6 Å². The fraction of sp³-hybridized carbons (Fsp3) is 0.258. The van der Waals surface area contributed by atoms with Crippen LogP contribution in [0.5, 0.6) is 11.5 Å². The number of amides is 3. The number of benzene rings is 2. The van der Waals surface area contributed by atoms with Crippen LogP contribution in [0, 0.1) is 5.82 Å². The predicted molar refractivity (Wildman–Crippen MR) is 155 cm³/mol. The smallest absolute Gasteiger partial charge is 0.424 e. The highest BCUT2D eigenvalue weighted by Crippen LogP contribution is 2.48. The van der Waals surface area contributed by atoms with Gasteiger partial charge in [-0.2, -0.15) is 13.2 Å². The SMILES string of the molecule is CNC(=O)[C@@]1(C)COc2c1cc(C(O)(CNC(=O)c1cc(OCC(N)=O)c3ncccc3c1)C(F)(F)F)nc2-c1ccc(F)cc1. The molecule has 3 amide bonds. The molecule has 0 saturated carbocycles. The third-order valence-electron chi connectivity index (χ3n) is 7.62. The van der Waals surface area contributed by atoms with Crippen molar-refractivity contribution in [2.45, 2.75) is 24.1 Å². The molecule has 0 saturated heterocycles. The van der Waals surface area contributed by atoms with E-state index in [9.17, 15) is 37.1 Å². The quantitative estimate of drug-likeness (QED) is 0.203. The van der Waals surface area contributed by atoms with Crippen LogP contribution < -0.4 is 25.8 Å². The average Bonchev–Trinajstić information content (AvgIpc) is 3.38. The van der Waals surface area contributed by atoms with Gasteiger partial charge in [-0.3, -0.25) is 19.4 Å². The number of nitrogens with two attached hydrogens (primary N) is 1. The first-order chi connectivity index (χ1) is 21.7. The molecule has 11 nitrogen and oxygen atoms in total. The van der Waals surface area contributed by atoms with Crippen LogP contribution in [0.25, 0.3) is 22.2 Å².